The molecule has 1 amide bonds. The lowest BCUT2D eigenvalue weighted by Crippen LogP contribution is -2.12. The lowest BCUT2D eigenvalue weighted by molar-refractivity contribution is 0.0997. The molecule has 3 aromatic rings. The fourth-order valence-corrected chi connectivity index (χ4v) is 2.26. The minimum atomic E-state index is -0.638. The van der Waals surface area contributed by atoms with E-state index >= 15 is 0 Å². The van der Waals surface area contributed by atoms with Crippen LogP contribution in [0.15, 0.2) is 48.5 Å². The van der Waals surface area contributed by atoms with Gasteiger partial charge in [-0.05, 0) is 48.5 Å². The van der Waals surface area contributed by atoms with Crippen LogP contribution in [0.1, 0.15) is 10.5 Å². The molecule has 3 N–H and O–H groups in total. The number of nitrogens with two attached hydrogens (primary N) is 1. The number of carbonyl (C=O) groups is 1. The van der Waals surface area contributed by atoms with Gasteiger partial charge in [-0.1, -0.05) is 0 Å². The summed E-state index contributed by atoms with van der Waals surface area (Å²) < 4.78 is 18.2. The van der Waals surface area contributed by atoms with E-state index in [2.05, 4.69) is 9.97 Å². The van der Waals surface area contributed by atoms with Crippen LogP contribution in [0.4, 0.5) is 4.39 Å². The highest BCUT2D eigenvalue weighted by atomic mass is 19.1. The smallest absolute Gasteiger partial charge is 0.269 e. The van der Waals surface area contributed by atoms with E-state index in [9.17, 15) is 9.18 Å². The molecule has 3 rings (SSSR count). The molecule has 0 radical (unpaired) electrons. The maximum atomic E-state index is 13.0. The number of nitrogens with one attached hydrogen (secondary N) is 1. The van der Waals surface area contributed by atoms with Crippen molar-refractivity contribution in [1.29, 1.82) is 0 Å². The summed E-state index contributed by atoms with van der Waals surface area (Å²) in [6.07, 6.45) is 0. The van der Waals surface area contributed by atoms with E-state index in [0.717, 1.165) is 5.56 Å². The van der Waals surface area contributed by atoms with E-state index in [4.69, 9.17) is 10.5 Å². The minimum absolute atomic E-state index is 0.134. The maximum Gasteiger partial charge on any atom is 0.269 e. The van der Waals surface area contributed by atoms with Crippen molar-refractivity contribution < 1.29 is 13.9 Å². The Kier molecular flexibility index (Phi) is 3.80. The molecule has 0 fully saturated rings. The number of rotatable bonds is 4. The van der Waals surface area contributed by atoms with Gasteiger partial charge >= 0.3 is 0 Å². The van der Waals surface area contributed by atoms with Gasteiger partial charge in [0.1, 0.15) is 17.4 Å². The van der Waals surface area contributed by atoms with E-state index in [1.807, 2.05) is 0 Å². The number of primary amides is 1. The maximum absolute atomic E-state index is 13.0. The van der Waals surface area contributed by atoms with Crippen LogP contribution in [-0.2, 0) is 0 Å². The Morgan fingerprint density at radius 1 is 1.09 bits per heavy atom. The van der Waals surface area contributed by atoms with Crippen LogP contribution in [0, 0.1) is 5.82 Å². The normalized spacial score (nSPS) is 10.5. The van der Waals surface area contributed by atoms with Gasteiger partial charge in [0.25, 0.3) is 5.91 Å². The van der Waals surface area contributed by atoms with Gasteiger partial charge in [0.05, 0.1) is 12.8 Å². The van der Waals surface area contributed by atoms with Gasteiger partial charge < -0.3 is 15.5 Å². The molecule has 0 unspecified atom stereocenters. The van der Waals surface area contributed by atoms with Crippen LogP contribution in [0.5, 0.6) is 5.75 Å². The van der Waals surface area contributed by atoms with Crippen molar-refractivity contribution in [3.05, 3.63) is 60.0 Å². The van der Waals surface area contributed by atoms with Crippen molar-refractivity contribution in [2.24, 2.45) is 5.73 Å². The van der Waals surface area contributed by atoms with E-state index in [0.29, 0.717) is 22.8 Å². The number of aromatic nitrogens is 2. The largest absolute Gasteiger partial charge is 0.497 e. The summed E-state index contributed by atoms with van der Waals surface area (Å²) in [7, 11) is 1.58. The van der Waals surface area contributed by atoms with Crippen LogP contribution in [0.25, 0.3) is 22.6 Å². The predicted molar refractivity (Wildman–Crippen MR) is 84.5 cm³/mol. The second-order valence-corrected chi connectivity index (χ2v) is 4.91. The third kappa shape index (κ3) is 2.91. The topological polar surface area (TPSA) is 81.0 Å². The van der Waals surface area contributed by atoms with Crippen molar-refractivity contribution in [2.45, 2.75) is 0 Å². The number of aromatic amines is 1. The highest BCUT2D eigenvalue weighted by molar-refractivity contribution is 5.98. The number of ether oxygens (including phenoxy) is 1. The Bertz CT molecular complexity index is 839. The number of amides is 1. The van der Waals surface area contributed by atoms with E-state index in [1.165, 1.54) is 12.1 Å². The Morgan fingerprint density at radius 2 is 1.70 bits per heavy atom. The second-order valence-electron chi connectivity index (χ2n) is 4.91. The Morgan fingerprint density at radius 3 is 2.26 bits per heavy atom. The van der Waals surface area contributed by atoms with Gasteiger partial charge in [-0.2, -0.15) is 0 Å². The molecule has 5 nitrogen and oxygen atoms in total. The van der Waals surface area contributed by atoms with Gasteiger partial charge in [0, 0.05) is 11.1 Å². The molecule has 0 aliphatic heterocycles. The molecular weight excluding hydrogens is 297 g/mol. The first-order valence-electron chi connectivity index (χ1n) is 6.88. The number of hydrogen-bond donors (Lipinski definition) is 2. The lowest BCUT2D eigenvalue weighted by Gasteiger charge is -2.02. The Hall–Kier alpha value is -3.15. The lowest BCUT2D eigenvalue weighted by atomic mass is 10.1. The highest BCUT2D eigenvalue weighted by Crippen LogP contribution is 2.27. The second kappa shape index (κ2) is 5.92. The van der Waals surface area contributed by atoms with Crippen molar-refractivity contribution in [1.82, 2.24) is 9.97 Å². The number of nitrogens with zero attached hydrogens (tertiary/aromatic N) is 1. The van der Waals surface area contributed by atoms with Gasteiger partial charge in [-0.25, -0.2) is 9.37 Å². The minimum Gasteiger partial charge on any atom is -0.497 e. The van der Waals surface area contributed by atoms with Gasteiger partial charge in [-0.3, -0.25) is 4.79 Å². The van der Waals surface area contributed by atoms with E-state index in [1.54, 1.807) is 43.5 Å². The van der Waals surface area contributed by atoms with Crippen molar-refractivity contribution in [2.75, 3.05) is 7.11 Å². The first-order valence-corrected chi connectivity index (χ1v) is 6.88. The summed E-state index contributed by atoms with van der Waals surface area (Å²) in [6, 6.07) is 13.0. The molecule has 23 heavy (non-hydrogen) atoms. The Labute approximate surface area is 131 Å². The first-order chi connectivity index (χ1) is 11.1. The number of benzene rings is 2. The van der Waals surface area contributed by atoms with Gasteiger partial charge in [0.2, 0.25) is 0 Å². The quantitative estimate of drug-likeness (QED) is 0.777. The summed E-state index contributed by atoms with van der Waals surface area (Å²) in [5.41, 5.74) is 7.48. The molecule has 116 valence electrons. The van der Waals surface area contributed by atoms with Crippen LogP contribution in [0.2, 0.25) is 0 Å². The average Bonchev–Trinajstić information content (AvgIpc) is 3.01. The zero-order valence-corrected chi connectivity index (χ0v) is 12.3. The van der Waals surface area contributed by atoms with Crippen molar-refractivity contribution >= 4 is 5.91 Å². The molecule has 0 atom stereocenters. The molecule has 0 bridgehead atoms. The predicted octanol–water partition coefficient (Wildman–Crippen LogP) is 2.99. The van der Waals surface area contributed by atoms with E-state index in [-0.39, 0.29) is 11.5 Å². The van der Waals surface area contributed by atoms with Gasteiger partial charge in [-0.15, -0.1) is 0 Å². The molecule has 0 aliphatic carbocycles. The summed E-state index contributed by atoms with van der Waals surface area (Å²) in [5.74, 6) is 0.170. The molecule has 1 aromatic heterocycles. The fraction of sp³-hybridized carbons (Fsp3) is 0.0588. The third-order valence-electron chi connectivity index (χ3n) is 3.43. The number of hydrogen-bond acceptors (Lipinski definition) is 3. The highest BCUT2D eigenvalue weighted by Gasteiger charge is 2.17. The molecule has 1 heterocycles. The van der Waals surface area contributed by atoms with E-state index < -0.39 is 5.91 Å². The zero-order valence-electron chi connectivity index (χ0n) is 12.3. The van der Waals surface area contributed by atoms with Crippen molar-refractivity contribution in [3.63, 3.8) is 0 Å². The average molecular weight is 311 g/mol. The fourth-order valence-electron chi connectivity index (χ4n) is 2.26. The molecule has 2 aromatic carbocycles. The van der Waals surface area contributed by atoms with Crippen molar-refractivity contribution in [3.8, 4) is 28.4 Å². The molecule has 0 saturated heterocycles. The number of H-pyrrole nitrogens is 1. The summed E-state index contributed by atoms with van der Waals surface area (Å²) in [5, 5.41) is 0. The first kappa shape index (κ1) is 14.8. The number of imidazole rings is 1. The summed E-state index contributed by atoms with van der Waals surface area (Å²) in [4.78, 5) is 19.0. The summed E-state index contributed by atoms with van der Waals surface area (Å²) in [6.45, 7) is 0. The number of carbonyl (C=O) groups excluding carboxylic acids is 1. The standard InChI is InChI=1S/C17H14FN3O2/c1-23-13-8-4-10(5-9-13)14-15(16(19)22)21-17(20-14)11-2-6-12(18)7-3-11/h2-9H,1H3,(H2,19,22)(H,20,21). The molecule has 0 spiro atoms. The van der Waals surface area contributed by atoms with Crippen LogP contribution >= 0.6 is 0 Å². The van der Waals surface area contributed by atoms with Crippen LogP contribution in [0.3, 0.4) is 0 Å². The Balaban J connectivity index is 2.08. The zero-order chi connectivity index (χ0) is 16.4. The molecule has 6 heteroatoms. The third-order valence-corrected chi connectivity index (χ3v) is 3.43. The van der Waals surface area contributed by atoms with Crippen LogP contribution < -0.4 is 10.5 Å². The molecule has 0 aliphatic rings. The summed E-state index contributed by atoms with van der Waals surface area (Å²) >= 11 is 0. The number of halogens is 1. The number of methoxy groups -OCH3 is 1. The monoisotopic (exact) mass is 311 g/mol. The molecular formula is C17H14FN3O2. The molecule has 0 saturated carbocycles. The van der Waals surface area contributed by atoms with Gasteiger partial charge in [0.15, 0.2) is 5.69 Å². The van der Waals surface area contributed by atoms with Crippen LogP contribution in [-0.4, -0.2) is 23.0 Å². The SMILES string of the molecule is COc1ccc(-c2[nH]c(-c3ccc(F)cc3)nc2C(N)=O)cc1.